The zero-order chi connectivity index (χ0) is 19.6. The number of hydrazone groups is 1. The molecule has 0 saturated heterocycles. The predicted molar refractivity (Wildman–Crippen MR) is 104 cm³/mol. The lowest BCUT2D eigenvalue weighted by Gasteiger charge is -2.20. The molecule has 1 heterocycles. The van der Waals surface area contributed by atoms with Gasteiger partial charge in [0.1, 0.15) is 5.82 Å². The van der Waals surface area contributed by atoms with Gasteiger partial charge in [0.15, 0.2) is 0 Å². The molecule has 0 aliphatic carbocycles. The summed E-state index contributed by atoms with van der Waals surface area (Å²) in [5.41, 5.74) is 2.26. The molecule has 6 nitrogen and oxygen atoms in total. The Morgan fingerprint density at radius 3 is 2.52 bits per heavy atom. The number of amides is 1. The van der Waals surface area contributed by atoms with Gasteiger partial charge in [-0.2, -0.15) is 5.10 Å². The number of hydrogen-bond donors (Lipinski definition) is 1. The number of rotatable bonds is 5. The molecule has 2 aromatic rings. The summed E-state index contributed by atoms with van der Waals surface area (Å²) >= 11 is 0. The average molecular weight is 391 g/mol. The second-order valence-electron chi connectivity index (χ2n) is 6.23. The maximum atomic E-state index is 14.2. The minimum Gasteiger partial charge on any atom is -0.284 e. The average Bonchev–Trinajstić information content (AvgIpc) is 3.08. The van der Waals surface area contributed by atoms with Gasteiger partial charge in [-0.25, -0.2) is 17.8 Å². The number of nitrogens with one attached hydrogen (secondary N) is 1. The van der Waals surface area contributed by atoms with Gasteiger partial charge in [0.05, 0.1) is 17.5 Å². The van der Waals surface area contributed by atoms with E-state index in [9.17, 15) is 17.6 Å². The number of halogens is 1. The highest BCUT2D eigenvalue weighted by Gasteiger charge is 2.32. The summed E-state index contributed by atoms with van der Waals surface area (Å²) in [5.74, 6) is -0.667. The molecule has 3 rings (SSSR count). The molecule has 0 fully saturated rings. The number of nitrogens with zero attached hydrogens (tertiary/aromatic N) is 2. The van der Waals surface area contributed by atoms with Crippen molar-refractivity contribution < 1.29 is 19.0 Å². The first kappa shape index (κ1) is 19.0. The lowest BCUT2D eigenvalue weighted by Crippen LogP contribution is -2.25. The van der Waals surface area contributed by atoms with E-state index in [1.54, 1.807) is 49.4 Å². The third kappa shape index (κ3) is 4.16. The molecule has 2 aromatic carbocycles. The normalized spacial score (nSPS) is 16.9. The number of sulfonamides is 1. The maximum absolute atomic E-state index is 14.2. The molecule has 0 radical (unpaired) electrons. The van der Waals surface area contributed by atoms with E-state index >= 15 is 0 Å². The molecule has 144 valence electrons. The van der Waals surface area contributed by atoms with Gasteiger partial charge in [0.2, 0.25) is 15.9 Å². The monoisotopic (exact) mass is 391 g/mol. The van der Waals surface area contributed by atoms with Crippen molar-refractivity contribution in [3.63, 3.8) is 0 Å². The summed E-state index contributed by atoms with van der Waals surface area (Å²) in [7, 11) is -3.35. The van der Waals surface area contributed by atoms with Gasteiger partial charge in [0.25, 0.3) is 0 Å². The first-order valence-electron chi connectivity index (χ1n) is 8.53. The second-order valence-corrected chi connectivity index (χ2v) is 8.25. The van der Waals surface area contributed by atoms with E-state index in [2.05, 4.69) is 9.82 Å². The van der Waals surface area contributed by atoms with E-state index in [0.717, 1.165) is 5.56 Å². The van der Waals surface area contributed by atoms with Crippen LogP contribution in [-0.4, -0.2) is 30.8 Å². The third-order valence-corrected chi connectivity index (χ3v) is 5.68. The van der Waals surface area contributed by atoms with Crippen molar-refractivity contribution in [1.29, 1.82) is 0 Å². The van der Waals surface area contributed by atoms with Crippen LogP contribution in [0.3, 0.4) is 0 Å². The first-order chi connectivity index (χ1) is 12.8. The lowest BCUT2D eigenvalue weighted by atomic mass is 9.98. The smallest absolute Gasteiger partial charge is 0.240 e. The number of carbonyl (C=O) groups excluding carboxylic acids is 1. The van der Waals surface area contributed by atoms with Crippen LogP contribution in [0.5, 0.6) is 0 Å². The van der Waals surface area contributed by atoms with Crippen molar-refractivity contribution in [2.45, 2.75) is 26.3 Å². The van der Waals surface area contributed by atoms with E-state index in [1.165, 1.54) is 18.0 Å². The minimum absolute atomic E-state index is 0. The Morgan fingerprint density at radius 2 is 1.93 bits per heavy atom. The van der Waals surface area contributed by atoms with Gasteiger partial charge in [-0.05, 0) is 30.7 Å². The summed E-state index contributed by atoms with van der Waals surface area (Å²) < 4.78 is 40.0. The molecular weight excluding hydrogens is 369 g/mol. The van der Waals surface area contributed by atoms with Crippen LogP contribution >= 0.6 is 0 Å². The highest BCUT2D eigenvalue weighted by atomic mass is 32.2. The molecule has 1 aliphatic heterocycles. The Labute approximate surface area is 159 Å². The van der Waals surface area contributed by atoms with Gasteiger partial charge < -0.3 is 0 Å². The molecule has 0 aromatic heterocycles. The zero-order valence-electron chi connectivity index (χ0n) is 15.0. The van der Waals surface area contributed by atoms with Crippen molar-refractivity contribution >= 4 is 27.3 Å². The van der Waals surface area contributed by atoms with Crippen LogP contribution in [0.4, 0.5) is 10.1 Å². The molecule has 0 spiro atoms. The van der Waals surface area contributed by atoms with Crippen molar-refractivity contribution in [3.8, 4) is 0 Å². The van der Waals surface area contributed by atoms with E-state index < -0.39 is 16.1 Å². The first-order valence-corrected chi connectivity index (χ1v) is 10.2. The van der Waals surface area contributed by atoms with Crippen molar-refractivity contribution in [3.05, 3.63) is 65.5 Å². The van der Waals surface area contributed by atoms with Crippen molar-refractivity contribution in [1.82, 2.24) is 5.01 Å². The fourth-order valence-electron chi connectivity index (χ4n) is 2.95. The minimum atomic E-state index is -3.35. The fourth-order valence-corrected chi connectivity index (χ4v) is 3.58. The predicted octanol–water partition coefficient (Wildman–Crippen LogP) is 3.53. The molecule has 0 bridgehead atoms. The number of hydrogen-bond acceptors (Lipinski definition) is 4. The fraction of sp³-hybridized carbons (Fsp3) is 0.263. The lowest BCUT2D eigenvalue weighted by molar-refractivity contribution is -0.130. The SMILES string of the molecule is CCS(=O)(=O)Nc1ccc(C2=NN(C(C)=O)C(c3ccccc3F)C2)cc1.[HH]. The largest absolute Gasteiger partial charge is 0.284 e. The summed E-state index contributed by atoms with van der Waals surface area (Å²) in [6.07, 6.45) is 0.376. The van der Waals surface area contributed by atoms with Crippen LogP contribution in [0.25, 0.3) is 0 Å². The van der Waals surface area contributed by atoms with Crippen molar-refractivity contribution in [2.75, 3.05) is 10.5 Å². The molecule has 0 saturated carbocycles. The number of carbonyl (C=O) groups is 1. The van der Waals surface area contributed by atoms with Gasteiger partial charge >= 0.3 is 0 Å². The van der Waals surface area contributed by atoms with Gasteiger partial charge in [-0.15, -0.1) is 0 Å². The molecule has 1 amide bonds. The van der Waals surface area contributed by atoms with Crippen LogP contribution in [0, 0.1) is 5.82 Å². The number of anilines is 1. The molecule has 1 unspecified atom stereocenters. The standard InChI is InChI=1S/C19H20FN3O3S.H2/c1-3-27(25,26)22-15-10-8-14(9-11-15)18-12-19(23(21-18)13(2)24)16-6-4-5-7-17(16)20;/h4-11,19,22H,3,12H2,1-2H3;1H. The maximum Gasteiger partial charge on any atom is 0.240 e. The van der Waals surface area contributed by atoms with Crippen LogP contribution in [0.1, 0.15) is 38.9 Å². The van der Waals surface area contributed by atoms with Crippen LogP contribution in [-0.2, 0) is 14.8 Å². The summed E-state index contributed by atoms with van der Waals surface area (Å²) in [4.78, 5) is 12.0. The molecule has 1 aliphatic rings. The highest BCUT2D eigenvalue weighted by molar-refractivity contribution is 7.92. The molecular formula is C19H22FN3O3S. The van der Waals surface area contributed by atoms with Crippen LogP contribution < -0.4 is 4.72 Å². The van der Waals surface area contributed by atoms with E-state index in [1.807, 2.05) is 0 Å². The molecule has 1 atom stereocenters. The molecule has 1 N–H and O–H groups in total. The number of benzene rings is 2. The Hall–Kier alpha value is -2.74. The Kier molecular flexibility index (Phi) is 5.27. The second kappa shape index (κ2) is 7.48. The van der Waals surface area contributed by atoms with Gasteiger partial charge in [-0.1, -0.05) is 30.3 Å². The molecule has 27 heavy (non-hydrogen) atoms. The topological polar surface area (TPSA) is 78.8 Å². The van der Waals surface area contributed by atoms with Gasteiger partial charge in [-0.3, -0.25) is 9.52 Å². The quantitative estimate of drug-likeness (QED) is 0.847. The van der Waals surface area contributed by atoms with E-state index in [-0.39, 0.29) is 18.9 Å². The molecule has 8 heteroatoms. The van der Waals surface area contributed by atoms with Crippen LogP contribution in [0.15, 0.2) is 53.6 Å². The summed E-state index contributed by atoms with van der Waals surface area (Å²) in [6, 6.07) is 12.6. The third-order valence-electron chi connectivity index (χ3n) is 4.37. The Morgan fingerprint density at radius 1 is 1.26 bits per heavy atom. The van der Waals surface area contributed by atoms with E-state index in [0.29, 0.717) is 23.4 Å². The van der Waals surface area contributed by atoms with Crippen molar-refractivity contribution in [2.24, 2.45) is 5.10 Å². The van der Waals surface area contributed by atoms with Crippen LogP contribution in [0.2, 0.25) is 0 Å². The summed E-state index contributed by atoms with van der Waals surface area (Å²) in [5, 5.41) is 5.67. The van der Waals surface area contributed by atoms with Gasteiger partial charge in [0, 0.05) is 26.0 Å². The zero-order valence-corrected chi connectivity index (χ0v) is 15.8. The Bertz CT molecular complexity index is 994. The van der Waals surface area contributed by atoms with E-state index in [4.69, 9.17) is 0 Å². The Balaban J connectivity index is 0.00000280. The highest BCUT2D eigenvalue weighted by Crippen LogP contribution is 2.34. The summed E-state index contributed by atoms with van der Waals surface area (Å²) in [6.45, 7) is 2.95.